The molecule has 4 nitrogen and oxygen atoms in total. The second-order valence-electron chi connectivity index (χ2n) is 6.55. The number of anilines is 1. The van der Waals surface area contributed by atoms with Gasteiger partial charge in [0.15, 0.2) is 0 Å². The number of hydrogen-bond donors (Lipinski definition) is 0. The van der Waals surface area contributed by atoms with Gasteiger partial charge in [-0.1, -0.05) is 44.4 Å². The zero-order valence-corrected chi connectivity index (χ0v) is 15.7. The van der Waals surface area contributed by atoms with Gasteiger partial charge in [-0.15, -0.1) is 11.8 Å². The molecule has 0 spiro atoms. The van der Waals surface area contributed by atoms with Crippen molar-refractivity contribution in [3.8, 4) is 0 Å². The molecule has 2 aromatic rings. The fourth-order valence-electron chi connectivity index (χ4n) is 2.99. The van der Waals surface area contributed by atoms with Crippen LogP contribution >= 0.6 is 11.8 Å². The lowest BCUT2D eigenvalue weighted by molar-refractivity contribution is 0.311. The predicted molar refractivity (Wildman–Crippen MR) is 104 cm³/mol. The summed E-state index contributed by atoms with van der Waals surface area (Å²) in [6.45, 7) is 6.43. The molecule has 3 rings (SSSR count). The summed E-state index contributed by atoms with van der Waals surface area (Å²) in [5, 5.41) is 2.34. The molecular weight excluding hydrogens is 316 g/mol. The van der Waals surface area contributed by atoms with E-state index in [1.807, 2.05) is 11.8 Å². The second kappa shape index (κ2) is 8.67. The number of aromatic nitrogens is 2. The van der Waals surface area contributed by atoms with E-state index < -0.39 is 0 Å². The molecule has 1 saturated heterocycles. The summed E-state index contributed by atoms with van der Waals surface area (Å²) in [6.07, 6.45) is 5.20. The van der Waals surface area contributed by atoms with Crippen molar-refractivity contribution >= 4 is 28.6 Å². The first-order chi connectivity index (χ1) is 11.8. The van der Waals surface area contributed by atoms with Crippen LogP contribution in [-0.2, 0) is 0 Å². The number of para-hydroxylation sites is 1. The molecule has 0 bridgehead atoms. The van der Waals surface area contributed by atoms with Crippen molar-refractivity contribution in [1.29, 1.82) is 0 Å². The average Bonchev–Trinajstić information content (AvgIpc) is 2.62. The molecule has 0 radical (unpaired) electrons. The molecule has 0 N–H and O–H groups in total. The van der Waals surface area contributed by atoms with E-state index in [0.717, 1.165) is 48.4 Å². The zero-order chi connectivity index (χ0) is 16.8. The Morgan fingerprint density at radius 3 is 2.58 bits per heavy atom. The lowest BCUT2D eigenvalue weighted by Gasteiger charge is -2.32. The van der Waals surface area contributed by atoms with E-state index in [4.69, 9.17) is 9.97 Å². The summed E-state index contributed by atoms with van der Waals surface area (Å²) >= 11 is 1.89. The van der Waals surface area contributed by atoms with Gasteiger partial charge in [0, 0.05) is 31.6 Å². The summed E-state index contributed by atoms with van der Waals surface area (Å²) in [4.78, 5) is 14.4. The molecule has 1 aromatic carbocycles. The van der Waals surface area contributed by atoms with Crippen LogP contribution < -0.4 is 4.90 Å². The quantitative estimate of drug-likeness (QED) is 0.430. The van der Waals surface area contributed by atoms with Gasteiger partial charge in [-0.05, 0) is 25.3 Å². The molecule has 0 aliphatic carbocycles. The Hall–Kier alpha value is -1.33. The molecule has 24 heavy (non-hydrogen) atoms. The molecule has 0 amide bonds. The van der Waals surface area contributed by atoms with E-state index in [0.29, 0.717) is 0 Å². The van der Waals surface area contributed by atoms with Crippen molar-refractivity contribution in [2.24, 2.45) is 0 Å². The maximum absolute atomic E-state index is 4.93. The van der Waals surface area contributed by atoms with E-state index in [1.165, 1.54) is 31.1 Å². The van der Waals surface area contributed by atoms with Gasteiger partial charge in [0.05, 0.1) is 5.52 Å². The maximum atomic E-state index is 4.93. The molecule has 1 aromatic heterocycles. The van der Waals surface area contributed by atoms with Crippen LogP contribution in [0.5, 0.6) is 0 Å². The van der Waals surface area contributed by atoms with E-state index in [1.54, 1.807) is 0 Å². The third-order valence-electron chi connectivity index (χ3n) is 4.58. The lowest BCUT2D eigenvalue weighted by Crippen LogP contribution is -2.45. The van der Waals surface area contributed by atoms with Gasteiger partial charge in [0.2, 0.25) is 5.95 Å². The van der Waals surface area contributed by atoms with Gasteiger partial charge in [-0.3, -0.25) is 0 Å². The summed E-state index contributed by atoms with van der Waals surface area (Å²) in [5.74, 6) is 2.04. The molecule has 2 heterocycles. The third-order valence-corrected chi connectivity index (χ3v) is 5.66. The minimum Gasteiger partial charge on any atom is -0.338 e. The van der Waals surface area contributed by atoms with Gasteiger partial charge < -0.3 is 9.80 Å². The number of unbranched alkanes of at least 4 members (excludes halogenated alkanes) is 3. The van der Waals surface area contributed by atoms with Crippen molar-refractivity contribution in [3.05, 3.63) is 24.3 Å². The molecule has 0 unspecified atom stereocenters. The Morgan fingerprint density at radius 1 is 1.00 bits per heavy atom. The molecule has 0 atom stereocenters. The Labute approximate surface area is 149 Å². The number of thioether (sulfide) groups is 1. The average molecular weight is 345 g/mol. The fraction of sp³-hybridized carbons (Fsp3) is 0.579. The first kappa shape index (κ1) is 17.5. The Kier molecular flexibility index (Phi) is 6.32. The van der Waals surface area contributed by atoms with Crippen molar-refractivity contribution in [3.63, 3.8) is 0 Å². The molecular formula is C19H28N4S. The largest absolute Gasteiger partial charge is 0.338 e. The number of hydrogen-bond acceptors (Lipinski definition) is 5. The maximum Gasteiger partial charge on any atom is 0.227 e. The summed E-state index contributed by atoms with van der Waals surface area (Å²) in [5.41, 5.74) is 1.07. The third kappa shape index (κ3) is 4.39. The predicted octanol–water partition coefficient (Wildman–Crippen LogP) is 4.05. The topological polar surface area (TPSA) is 32.3 Å². The number of benzene rings is 1. The highest BCUT2D eigenvalue weighted by Gasteiger charge is 2.18. The van der Waals surface area contributed by atoms with Gasteiger partial charge in [-0.2, -0.15) is 0 Å². The Bertz CT molecular complexity index is 653. The monoisotopic (exact) mass is 344 g/mol. The first-order valence-corrected chi connectivity index (χ1v) is 10.1. The summed E-state index contributed by atoms with van der Waals surface area (Å²) in [6, 6.07) is 8.41. The second-order valence-corrected chi connectivity index (χ2v) is 7.63. The molecule has 1 aliphatic heterocycles. The molecule has 130 valence electrons. The van der Waals surface area contributed by atoms with Gasteiger partial charge in [0.25, 0.3) is 0 Å². The molecule has 1 aliphatic rings. The van der Waals surface area contributed by atoms with Crippen LogP contribution in [-0.4, -0.2) is 53.8 Å². The highest BCUT2D eigenvalue weighted by molar-refractivity contribution is 7.99. The minimum atomic E-state index is 0.901. The highest BCUT2D eigenvalue weighted by atomic mass is 32.2. The van der Waals surface area contributed by atoms with Crippen LogP contribution in [0.1, 0.15) is 32.6 Å². The van der Waals surface area contributed by atoms with Crippen LogP contribution in [0.15, 0.2) is 29.3 Å². The lowest BCUT2D eigenvalue weighted by atomic mass is 10.2. The van der Waals surface area contributed by atoms with Crippen molar-refractivity contribution < 1.29 is 0 Å². The van der Waals surface area contributed by atoms with E-state index in [2.05, 4.69) is 48.0 Å². The highest BCUT2D eigenvalue weighted by Crippen LogP contribution is 2.28. The van der Waals surface area contributed by atoms with Crippen molar-refractivity contribution in [2.75, 3.05) is 43.9 Å². The fourth-order valence-corrected chi connectivity index (χ4v) is 4.01. The number of nitrogens with zero attached hydrogens (tertiary/aromatic N) is 4. The Morgan fingerprint density at radius 2 is 1.79 bits per heavy atom. The van der Waals surface area contributed by atoms with E-state index in [-0.39, 0.29) is 0 Å². The van der Waals surface area contributed by atoms with Gasteiger partial charge in [0.1, 0.15) is 5.03 Å². The van der Waals surface area contributed by atoms with Crippen LogP contribution in [0.4, 0.5) is 5.95 Å². The smallest absolute Gasteiger partial charge is 0.227 e. The standard InChI is InChI=1S/C19H28N4S/c1-3-4-5-8-15-24-18-16-9-6-7-10-17(16)20-19(21-18)23-13-11-22(2)12-14-23/h6-7,9-10H,3-5,8,11-15H2,1-2H3. The SMILES string of the molecule is CCCCCCSc1nc(N2CCN(C)CC2)nc2ccccc12. The molecule has 1 fully saturated rings. The molecule has 5 heteroatoms. The number of rotatable bonds is 7. The number of fused-ring (bicyclic) bond motifs is 1. The summed E-state index contributed by atoms with van der Waals surface area (Å²) < 4.78 is 0. The number of piperazine rings is 1. The van der Waals surface area contributed by atoms with E-state index in [9.17, 15) is 0 Å². The molecule has 0 saturated carbocycles. The van der Waals surface area contributed by atoms with Crippen molar-refractivity contribution in [2.45, 2.75) is 37.6 Å². The normalized spacial score (nSPS) is 16.0. The van der Waals surface area contributed by atoms with Crippen LogP contribution in [0.3, 0.4) is 0 Å². The van der Waals surface area contributed by atoms with E-state index >= 15 is 0 Å². The Balaban J connectivity index is 1.78. The summed E-state index contributed by atoms with van der Waals surface area (Å²) in [7, 11) is 2.18. The van der Waals surface area contributed by atoms with Gasteiger partial charge in [-0.25, -0.2) is 9.97 Å². The number of likely N-dealkylation sites (N-methyl/N-ethyl adjacent to an activating group) is 1. The minimum absolute atomic E-state index is 0.901. The van der Waals surface area contributed by atoms with Crippen LogP contribution in [0.25, 0.3) is 10.9 Å². The van der Waals surface area contributed by atoms with Gasteiger partial charge >= 0.3 is 0 Å². The van der Waals surface area contributed by atoms with Crippen LogP contribution in [0, 0.1) is 0 Å². The first-order valence-electron chi connectivity index (χ1n) is 9.11. The van der Waals surface area contributed by atoms with Crippen molar-refractivity contribution in [1.82, 2.24) is 14.9 Å². The van der Waals surface area contributed by atoms with Crippen LogP contribution in [0.2, 0.25) is 0 Å². The zero-order valence-electron chi connectivity index (χ0n) is 14.9.